The maximum atomic E-state index is 10.5. The summed E-state index contributed by atoms with van der Waals surface area (Å²) in [6.07, 6.45) is 1.49. The second kappa shape index (κ2) is 12.3. The van der Waals surface area contributed by atoms with Crippen molar-refractivity contribution in [1.82, 2.24) is 0 Å². The molecule has 0 saturated heterocycles. The lowest BCUT2D eigenvalue weighted by Crippen LogP contribution is -1.86. The zero-order valence-electron chi connectivity index (χ0n) is 15.2. The van der Waals surface area contributed by atoms with Crippen LogP contribution in [-0.2, 0) is 0 Å². The van der Waals surface area contributed by atoms with E-state index >= 15 is 0 Å². The molecule has 0 spiro atoms. The van der Waals surface area contributed by atoms with Crippen molar-refractivity contribution in [3.63, 3.8) is 0 Å². The van der Waals surface area contributed by atoms with E-state index in [0.717, 1.165) is 12.6 Å². The lowest BCUT2D eigenvalue weighted by Gasteiger charge is -1.96. The summed E-state index contributed by atoms with van der Waals surface area (Å²) in [4.78, 5) is 20.2. The molecule has 0 aromatic heterocycles. The summed E-state index contributed by atoms with van der Waals surface area (Å²) in [6, 6.07) is 24.2. The molecule has 0 amide bonds. The van der Waals surface area contributed by atoms with Gasteiger partial charge in [-0.25, -0.2) is 0 Å². The van der Waals surface area contributed by atoms with E-state index in [1.165, 1.54) is 0 Å². The average molecular weight is 376 g/mol. The summed E-state index contributed by atoms with van der Waals surface area (Å²) in [5.41, 5.74) is 2.34. The van der Waals surface area contributed by atoms with Gasteiger partial charge in [-0.05, 0) is 0 Å². The van der Waals surface area contributed by atoms with E-state index in [1.54, 1.807) is 72.8 Å². The molecule has 6 heteroatoms. The lowest BCUT2D eigenvalue weighted by molar-refractivity contribution is -0.350. The van der Waals surface area contributed by atoms with Crippen LogP contribution in [-0.4, -0.2) is 35.5 Å². The third-order valence-electron chi connectivity index (χ3n) is 3.30. The molecule has 0 bridgehead atoms. The number of para-hydroxylation sites is 2. The van der Waals surface area contributed by atoms with Crippen molar-refractivity contribution in [1.29, 1.82) is 0 Å². The topological polar surface area (TPSA) is 86.3 Å². The minimum absolute atomic E-state index is 0.581. The molecule has 3 rings (SSSR count). The van der Waals surface area contributed by atoms with Crippen molar-refractivity contribution < 1.29 is 19.1 Å². The lowest BCUT2D eigenvalue weighted by atomic mass is 10.2. The Bertz CT molecular complexity index is 816. The molecule has 0 saturated carbocycles. The molecule has 0 unspecified atom stereocenters. The predicted octanol–water partition coefficient (Wildman–Crippen LogP) is 4.37. The molecule has 0 aliphatic carbocycles. The van der Waals surface area contributed by atoms with Crippen LogP contribution in [0.15, 0.2) is 84.9 Å². The molecule has 0 heterocycles. The Morgan fingerprint density at radius 1 is 0.571 bits per heavy atom. The molecule has 142 valence electrons. The predicted molar refractivity (Wildman–Crippen MR) is 111 cm³/mol. The van der Waals surface area contributed by atoms with Gasteiger partial charge in [0.1, 0.15) is 26.0 Å². The molecule has 0 N–H and O–H groups in total. The molecule has 3 aromatic carbocycles. The summed E-state index contributed by atoms with van der Waals surface area (Å²) >= 11 is 0. The summed E-state index contributed by atoms with van der Waals surface area (Å²) in [6.45, 7) is 6.37. The smallest absolute Gasteiger partial charge is 0.215 e. The van der Waals surface area contributed by atoms with Crippen molar-refractivity contribution in [3.8, 4) is 0 Å². The Balaban J connectivity index is 0.000000210. The third-order valence-corrected chi connectivity index (χ3v) is 3.30. The van der Waals surface area contributed by atoms with E-state index in [1.807, 2.05) is 12.1 Å². The highest BCUT2D eigenvalue weighted by Gasteiger charge is 1.92. The summed E-state index contributed by atoms with van der Waals surface area (Å²) in [5, 5.41) is 20.9. The van der Waals surface area contributed by atoms with Crippen molar-refractivity contribution in [2.24, 2.45) is 0 Å². The molecule has 0 fully saturated rings. The van der Waals surface area contributed by atoms with Crippen LogP contribution in [0.4, 0.5) is 11.4 Å². The Morgan fingerprint density at radius 3 is 1.04 bits per heavy atom. The van der Waals surface area contributed by atoms with E-state index in [0.29, 0.717) is 32.0 Å². The van der Waals surface area contributed by atoms with Crippen LogP contribution in [0.1, 0.15) is 20.7 Å². The number of carbonyl (C=O) groups is 2. The van der Waals surface area contributed by atoms with Gasteiger partial charge in [0, 0.05) is 35.4 Å². The highest BCUT2D eigenvalue weighted by Crippen LogP contribution is 2.07. The number of carbonyl (C=O) groups excluding carboxylic acids is 2. The minimum atomic E-state index is 0.581. The molecule has 28 heavy (non-hydrogen) atoms. The standard InChI is InChI=1S/C8H6O2.2C7H7NO/c9-5-7-1-2-8(6-10)4-3-7;2*1-8(9)7-5-3-2-4-6-7/h1-6H;2*2-6H,1H2. The van der Waals surface area contributed by atoms with Gasteiger partial charge in [-0.15, -0.1) is 0 Å². The Labute approximate surface area is 163 Å². The molecule has 0 aliphatic rings. The van der Waals surface area contributed by atoms with E-state index in [4.69, 9.17) is 0 Å². The Morgan fingerprint density at radius 2 is 0.857 bits per heavy atom. The van der Waals surface area contributed by atoms with Crippen LogP contribution in [0.5, 0.6) is 0 Å². The van der Waals surface area contributed by atoms with Crippen LogP contribution in [0.25, 0.3) is 0 Å². The van der Waals surface area contributed by atoms with Crippen LogP contribution in [0.3, 0.4) is 0 Å². The third kappa shape index (κ3) is 8.35. The van der Waals surface area contributed by atoms with E-state index < -0.39 is 0 Å². The first-order chi connectivity index (χ1) is 13.5. The SMILES string of the molecule is C=[N+]([O-])c1ccccc1.C=[N+]([O-])c1ccccc1.O=Cc1ccc(C=O)cc1. The summed E-state index contributed by atoms with van der Waals surface area (Å²) in [7, 11) is 0. The van der Waals surface area contributed by atoms with Crippen molar-refractivity contribution in [2.75, 3.05) is 0 Å². The van der Waals surface area contributed by atoms with Gasteiger partial charge in [0.2, 0.25) is 11.4 Å². The van der Waals surface area contributed by atoms with Crippen molar-refractivity contribution in [3.05, 3.63) is 106 Å². The zero-order chi connectivity index (χ0) is 20.8. The van der Waals surface area contributed by atoms with Gasteiger partial charge in [-0.3, -0.25) is 9.59 Å². The van der Waals surface area contributed by atoms with Crippen LogP contribution in [0.2, 0.25) is 0 Å². The van der Waals surface area contributed by atoms with Crippen LogP contribution in [0, 0.1) is 10.4 Å². The van der Waals surface area contributed by atoms with E-state index in [-0.39, 0.29) is 0 Å². The highest BCUT2D eigenvalue weighted by atomic mass is 16.5. The van der Waals surface area contributed by atoms with E-state index in [9.17, 15) is 20.0 Å². The van der Waals surface area contributed by atoms with Gasteiger partial charge in [0.15, 0.2) is 0 Å². The zero-order valence-corrected chi connectivity index (χ0v) is 15.2. The Kier molecular flexibility index (Phi) is 9.67. The maximum Gasteiger partial charge on any atom is 0.215 e. The first kappa shape index (κ1) is 22.0. The van der Waals surface area contributed by atoms with Crippen LogP contribution >= 0.6 is 0 Å². The molecule has 0 atom stereocenters. The molecule has 0 aliphatic heterocycles. The summed E-state index contributed by atoms with van der Waals surface area (Å²) in [5.74, 6) is 0. The van der Waals surface area contributed by atoms with Gasteiger partial charge >= 0.3 is 0 Å². The number of hydrogen-bond donors (Lipinski definition) is 0. The number of benzene rings is 3. The van der Waals surface area contributed by atoms with Gasteiger partial charge in [0.25, 0.3) is 0 Å². The normalized spacial score (nSPS) is 8.86. The highest BCUT2D eigenvalue weighted by molar-refractivity contribution is 5.79. The van der Waals surface area contributed by atoms with Gasteiger partial charge < -0.3 is 10.4 Å². The number of aldehydes is 2. The van der Waals surface area contributed by atoms with Gasteiger partial charge in [0.05, 0.1) is 0 Å². The van der Waals surface area contributed by atoms with Gasteiger partial charge in [-0.1, -0.05) is 60.7 Å². The molecule has 6 nitrogen and oxygen atoms in total. The summed E-state index contributed by atoms with van der Waals surface area (Å²) < 4.78 is 1.17. The largest absolute Gasteiger partial charge is 0.619 e. The van der Waals surface area contributed by atoms with Crippen molar-refractivity contribution in [2.45, 2.75) is 0 Å². The molecular formula is C22H20N2O4. The van der Waals surface area contributed by atoms with Gasteiger partial charge in [-0.2, -0.15) is 9.48 Å². The number of rotatable bonds is 4. The monoisotopic (exact) mass is 376 g/mol. The fourth-order valence-electron chi connectivity index (χ4n) is 1.84. The molecule has 0 radical (unpaired) electrons. The fraction of sp³-hybridized carbons (Fsp3) is 0. The van der Waals surface area contributed by atoms with E-state index in [2.05, 4.69) is 13.4 Å². The average Bonchev–Trinajstić information content (AvgIpc) is 2.76. The Hall–Kier alpha value is -4.06. The molecular weight excluding hydrogens is 356 g/mol. The second-order valence-corrected chi connectivity index (χ2v) is 5.33. The maximum absolute atomic E-state index is 10.5. The minimum Gasteiger partial charge on any atom is -0.619 e. The van der Waals surface area contributed by atoms with Crippen LogP contribution < -0.4 is 0 Å². The first-order valence-electron chi connectivity index (χ1n) is 8.14. The first-order valence-corrected chi connectivity index (χ1v) is 8.14. The number of hydrogen-bond acceptors (Lipinski definition) is 4. The van der Waals surface area contributed by atoms with Crippen molar-refractivity contribution >= 4 is 37.4 Å². The fourth-order valence-corrected chi connectivity index (χ4v) is 1.84. The quantitative estimate of drug-likeness (QED) is 0.222. The number of nitrogens with zero attached hydrogens (tertiary/aromatic N) is 2. The molecule has 3 aromatic rings. The second-order valence-electron chi connectivity index (χ2n) is 5.33.